The largest absolute Gasteiger partial charge is 0.383 e. The zero-order chi connectivity index (χ0) is 12.1. The molecule has 0 amide bonds. The summed E-state index contributed by atoms with van der Waals surface area (Å²) in [5.41, 5.74) is 0. The second kappa shape index (κ2) is 13.0. The SMILES string of the molecule is CCCCCCCCNC(CCC)COC. The normalized spacial score (nSPS) is 12.9. The molecule has 0 radical (unpaired) electrons. The summed E-state index contributed by atoms with van der Waals surface area (Å²) in [5.74, 6) is 0. The van der Waals surface area contributed by atoms with Gasteiger partial charge in [0, 0.05) is 13.2 Å². The zero-order valence-electron chi connectivity index (χ0n) is 11.6. The minimum absolute atomic E-state index is 0.561. The summed E-state index contributed by atoms with van der Waals surface area (Å²) in [6.07, 6.45) is 10.7. The van der Waals surface area contributed by atoms with Crippen molar-refractivity contribution in [3.63, 3.8) is 0 Å². The van der Waals surface area contributed by atoms with Gasteiger partial charge in [-0.3, -0.25) is 0 Å². The smallest absolute Gasteiger partial charge is 0.0615 e. The molecule has 0 bridgehead atoms. The number of unbranched alkanes of at least 4 members (excludes halogenated alkanes) is 5. The van der Waals surface area contributed by atoms with E-state index in [9.17, 15) is 0 Å². The van der Waals surface area contributed by atoms with Gasteiger partial charge in [0.25, 0.3) is 0 Å². The minimum atomic E-state index is 0.561. The van der Waals surface area contributed by atoms with Gasteiger partial charge in [0.2, 0.25) is 0 Å². The average molecular weight is 229 g/mol. The molecule has 2 heteroatoms. The van der Waals surface area contributed by atoms with Crippen molar-refractivity contribution in [2.45, 2.75) is 71.3 Å². The maximum atomic E-state index is 5.20. The van der Waals surface area contributed by atoms with Crippen LogP contribution in [0.1, 0.15) is 65.2 Å². The quantitative estimate of drug-likeness (QED) is 0.515. The molecule has 1 atom stereocenters. The fourth-order valence-electron chi connectivity index (χ4n) is 2.01. The highest BCUT2D eigenvalue weighted by Gasteiger charge is 2.05. The second-order valence-electron chi connectivity index (χ2n) is 4.66. The molecule has 0 rings (SSSR count). The van der Waals surface area contributed by atoms with E-state index in [1.165, 1.54) is 51.4 Å². The third kappa shape index (κ3) is 10.4. The lowest BCUT2D eigenvalue weighted by Gasteiger charge is -2.16. The summed E-state index contributed by atoms with van der Waals surface area (Å²) in [6, 6.07) is 0.561. The molecule has 0 saturated carbocycles. The minimum Gasteiger partial charge on any atom is -0.383 e. The lowest BCUT2D eigenvalue weighted by atomic mass is 10.1. The molecule has 0 saturated heterocycles. The molecule has 16 heavy (non-hydrogen) atoms. The molecule has 0 aromatic carbocycles. The Morgan fingerprint density at radius 3 is 2.25 bits per heavy atom. The highest BCUT2D eigenvalue weighted by Crippen LogP contribution is 2.04. The number of ether oxygens (including phenoxy) is 1. The van der Waals surface area contributed by atoms with Gasteiger partial charge in [0.05, 0.1) is 6.61 Å². The summed E-state index contributed by atoms with van der Waals surface area (Å²) in [7, 11) is 1.79. The molecule has 98 valence electrons. The van der Waals surface area contributed by atoms with Gasteiger partial charge in [-0.15, -0.1) is 0 Å². The van der Waals surface area contributed by atoms with Gasteiger partial charge < -0.3 is 10.1 Å². The molecule has 0 aliphatic heterocycles. The molecule has 0 aliphatic rings. The predicted molar refractivity (Wildman–Crippen MR) is 72.0 cm³/mol. The van der Waals surface area contributed by atoms with Crippen molar-refractivity contribution in [2.75, 3.05) is 20.3 Å². The van der Waals surface area contributed by atoms with Crippen LogP contribution in [0.4, 0.5) is 0 Å². The van der Waals surface area contributed by atoms with Gasteiger partial charge in [-0.25, -0.2) is 0 Å². The third-order valence-electron chi connectivity index (χ3n) is 2.97. The fraction of sp³-hybridized carbons (Fsp3) is 1.00. The van der Waals surface area contributed by atoms with Gasteiger partial charge in [0.15, 0.2) is 0 Å². The molecule has 0 aliphatic carbocycles. The first kappa shape index (κ1) is 15.9. The molecule has 0 aromatic heterocycles. The Labute approximate surface area is 102 Å². The molecule has 0 fully saturated rings. The van der Waals surface area contributed by atoms with E-state index in [0.717, 1.165) is 13.2 Å². The van der Waals surface area contributed by atoms with Crippen LogP contribution in [0.15, 0.2) is 0 Å². The van der Waals surface area contributed by atoms with Crippen molar-refractivity contribution in [3.8, 4) is 0 Å². The second-order valence-corrected chi connectivity index (χ2v) is 4.66. The highest BCUT2D eigenvalue weighted by atomic mass is 16.5. The first-order chi connectivity index (χ1) is 7.85. The summed E-state index contributed by atoms with van der Waals surface area (Å²) in [5, 5.41) is 3.59. The van der Waals surface area contributed by atoms with Gasteiger partial charge in [0.1, 0.15) is 0 Å². The van der Waals surface area contributed by atoms with Crippen molar-refractivity contribution in [1.29, 1.82) is 0 Å². The molecular weight excluding hydrogens is 198 g/mol. The van der Waals surface area contributed by atoms with Gasteiger partial charge in [-0.2, -0.15) is 0 Å². The van der Waals surface area contributed by atoms with Crippen LogP contribution in [-0.2, 0) is 4.74 Å². The molecule has 2 nitrogen and oxygen atoms in total. The fourth-order valence-corrected chi connectivity index (χ4v) is 2.01. The average Bonchev–Trinajstić information content (AvgIpc) is 2.28. The Hall–Kier alpha value is -0.0800. The Morgan fingerprint density at radius 2 is 1.62 bits per heavy atom. The topological polar surface area (TPSA) is 21.3 Å². The lowest BCUT2D eigenvalue weighted by molar-refractivity contribution is 0.162. The first-order valence-corrected chi connectivity index (χ1v) is 7.07. The van der Waals surface area contributed by atoms with E-state index in [1.54, 1.807) is 7.11 Å². The highest BCUT2D eigenvalue weighted by molar-refractivity contribution is 4.65. The molecular formula is C14H31NO. The number of nitrogens with one attached hydrogen (secondary N) is 1. The Kier molecular flexibility index (Phi) is 12.9. The Morgan fingerprint density at radius 1 is 0.938 bits per heavy atom. The summed E-state index contributed by atoms with van der Waals surface area (Å²) in [6.45, 7) is 6.50. The molecule has 1 unspecified atom stereocenters. The Balaban J connectivity index is 3.25. The van der Waals surface area contributed by atoms with Crippen LogP contribution >= 0.6 is 0 Å². The van der Waals surface area contributed by atoms with E-state index in [1.807, 2.05) is 0 Å². The van der Waals surface area contributed by atoms with Crippen molar-refractivity contribution < 1.29 is 4.74 Å². The summed E-state index contributed by atoms with van der Waals surface area (Å²) >= 11 is 0. The molecule has 0 aromatic rings. The maximum absolute atomic E-state index is 5.20. The monoisotopic (exact) mass is 229 g/mol. The lowest BCUT2D eigenvalue weighted by Crippen LogP contribution is -2.33. The van der Waals surface area contributed by atoms with Crippen LogP contribution in [0.3, 0.4) is 0 Å². The predicted octanol–water partition coefficient (Wildman–Crippen LogP) is 3.75. The maximum Gasteiger partial charge on any atom is 0.0615 e. The number of hydrogen-bond donors (Lipinski definition) is 1. The van der Waals surface area contributed by atoms with Gasteiger partial charge >= 0.3 is 0 Å². The number of hydrogen-bond acceptors (Lipinski definition) is 2. The molecule has 0 heterocycles. The van der Waals surface area contributed by atoms with Crippen LogP contribution in [0.25, 0.3) is 0 Å². The van der Waals surface area contributed by atoms with Crippen molar-refractivity contribution in [2.24, 2.45) is 0 Å². The van der Waals surface area contributed by atoms with Crippen molar-refractivity contribution in [1.82, 2.24) is 5.32 Å². The Bertz CT molecular complexity index is 122. The third-order valence-corrected chi connectivity index (χ3v) is 2.97. The van der Waals surface area contributed by atoms with Crippen LogP contribution in [0.2, 0.25) is 0 Å². The van der Waals surface area contributed by atoms with Gasteiger partial charge in [-0.05, 0) is 19.4 Å². The van der Waals surface area contributed by atoms with Crippen LogP contribution in [-0.4, -0.2) is 26.3 Å². The standard InChI is InChI=1S/C14H31NO/c1-4-6-7-8-9-10-12-15-14(11-5-2)13-16-3/h14-15H,4-13H2,1-3H3. The van der Waals surface area contributed by atoms with Crippen LogP contribution in [0, 0.1) is 0 Å². The zero-order valence-corrected chi connectivity index (χ0v) is 11.6. The molecule has 0 spiro atoms. The van der Waals surface area contributed by atoms with E-state index < -0.39 is 0 Å². The van der Waals surface area contributed by atoms with Gasteiger partial charge in [-0.1, -0.05) is 52.4 Å². The first-order valence-electron chi connectivity index (χ1n) is 7.07. The van der Waals surface area contributed by atoms with E-state index in [4.69, 9.17) is 4.74 Å². The van der Waals surface area contributed by atoms with Crippen molar-refractivity contribution >= 4 is 0 Å². The van der Waals surface area contributed by atoms with E-state index >= 15 is 0 Å². The summed E-state index contributed by atoms with van der Waals surface area (Å²) < 4.78 is 5.20. The van der Waals surface area contributed by atoms with E-state index in [2.05, 4.69) is 19.2 Å². The van der Waals surface area contributed by atoms with Crippen LogP contribution < -0.4 is 5.32 Å². The van der Waals surface area contributed by atoms with Crippen molar-refractivity contribution in [3.05, 3.63) is 0 Å². The number of methoxy groups -OCH3 is 1. The molecule has 1 N–H and O–H groups in total. The van der Waals surface area contributed by atoms with Crippen LogP contribution in [0.5, 0.6) is 0 Å². The summed E-state index contributed by atoms with van der Waals surface area (Å²) in [4.78, 5) is 0. The number of rotatable bonds is 12. The van der Waals surface area contributed by atoms with E-state index in [-0.39, 0.29) is 0 Å². The van der Waals surface area contributed by atoms with E-state index in [0.29, 0.717) is 6.04 Å².